The number of hydrogen-bond acceptors (Lipinski definition) is 19. The smallest absolute Gasteiger partial charge is 0.326 e. The molecule has 2 unspecified atom stereocenters. The summed E-state index contributed by atoms with van der Waals surface area (Å²) in [5.41, 5.74) is 0. The molecule has 0 rings (SSSR count). The predicted molar refractivity (Wildman–Crippen MR) is 250 cm³/mol. The molecule has 0 spiro atoms. The van der Waals surface area contributed by atoms with Crippen LogP contribution in [0, 0.1) is 0 Å². The highest BCUT2D eigenvalue weighted by atomic mass is 16.6. The van der Waals surface area contributed by atoms with Gasteiger partial charge in [0, 0.05) is 38.9 Å². The van der Waals surface area contributed by atoms with E-state index < -0.39 is 12.0 Å². The quantitative estimate of drug-likeness (QED) is 0.0316. The van der Waals surface area contributed by atoms with Crippen molar-refractivity contribution < 1.29 is 90.7 Å². The monoisotopic (exact) mass is 1000 g/mol. The summed E-state index contributed by atoms with van der Waals surface area (Å²) in [6, 6.07) is -1.20. The van der Waals surface area contributed by atoms with Gasteiger partial charge in [-0.2, -0.15) is 0 Å². The number of unbranched alkanes of at least 4 members (excludes halogenated alkanes) is 1. The van der Waals surface area contributed by atoms with Crippen LogP contribution >= 0.6 is 0 Å². The summed E-state index contributed by atoms with van der Waals surface area (Å²) in [5.74, 6) is -1.56. The third kappa shape index (κ3) is 49.3. The zero-order chi connectivity index (χ0) is 50.5. The number of carboxylic acids is 1. The second kappa shape index (κ2) is 52.3. The minimum atomic E-state index is -1.20. The molecule has 404 valence electrons. The molecule has 0 fully saturated rings. The fourth-order valence-electron chi connectivity index (χ4n) is 5.56. The van der Waals surface area contributed by atoms with Gasteiger partial charge < -0.3 is 88.5 Å². The Morgan fingerprint density at radius 1 is 0.420 bits per heavy atom. The van der Waals surface area contributed by atoms with Crippen LogP contribution in [-0.4, -0.2) is 238 Å². The van der Waals surface area contributed by atoms with Gasteiger partial charge in [-0.05, 0) is 39.2 Å². The van der Waals surface area contributed by atoms with Crippen LogP contribution in [0.5, 0.6) is 0 Å². The first-order chi connectivity index (χ1) is 33.7. The highest BCUT2D eigenvalue weighted by Crippen LogP contribution is 2.02. The molecular weight excluding hydrogens is 915 g/mol. The molecule has 69 heavy (non-hydrogen) atoms. The maximum Gasteiger partial charge on any atom is 0.326 e. The standard InChI is InChI=1S/C45H85N5O19/c1-3-46-40(39(2)52)6-4-5-11-47-43(54)9-14-58-18-22-62-26-30-66-34-37-69-33-29-65-25-21-61-17-13-49-44(55)10-15-59-19-23-63-27-31-67-35-36-68-32-28-64-24-20-60-16-12-48-42(53)8-7-41(45(56)57)50-38-51/h38,40-41,46H,3-37H2,1-2H3,(H,47,54)(H,48,53)(H,49,55)(H,50,51)(H,56,57). The van der Waals surface area contributed by atoms with E-state index in [0.717, 1.165) is 25.8 Å². The zero-order valence-electron chi connectivity index (χ0n) is 41.3. The minimum absolute atomic E-state index is 0.00395. The first-order valence-corrected chi connectivity index (χ1v) is 24.1. The Hall–Kier alpha value is -3.50. The Labute approximate surface area is 408 Å². The van der Waals surface area contributed by atoms with Gasteiger partial charge in [-0.25, -0.2) is 4.79 Å². The van der Waals surface area contributed by atoms with Crippen molar-refractivity contribution in [2.75, 3.05) is 185 Å². The van der Waals surface area contributed by atoms with Crippen LogP contribution in [0.1, 0.15) is 58.8 Å². The normalized spacial score (nSPS) is 12.1. The lowest BCUT2D eigenvalue weighted by molar-refractivity contribution is -0.141. The Morgan fingerprint density at radius 2 is 0.739 bits per heavy atom. The van der Waals surface area contributed by atoms with Crippen LogP contribution in [0.3, 0.4) is 0 Å². The molecule has 0 aliphatic heterocycles. The van der Waals surface area contributed by atoms with Gasteiger partial charge in [0.2, 0.25) is 24.1 Å². The number of rotatable bonds is 56. The Balaban J connectivity index is 3.28. The summed E-state index contributed by atoms with van der Waals surface area (Å²) in [5, 5.41) is 22.5. The van der Waals surface area contributed by atoms with Crippen molar-refractivity contribution >= 4 is 35.9 Å². The molecule has 0 aliphatic rings. The molecule has 0 aromatic carbocycles. The Kier molecular flexibility index (Phi) is 49.7. The summed E-state index contributed by atoms with van der Waals surface area (Å²) in [7, 11) is 0. The van der Waals surface area contributed by atoms with Crippen molar-refractivity contribution in [3.05, 3.63) is 0 Å². The third-order valence-corrected chi connectivity index (χ3v) is 9.21. The fraction of sp³-hybridized carbons (Fsp3) is 0.867. The van der Waals surface area contributed by atoms with E-state index in [9.17, 15) is 28.8 Å². The molecule has 0 aliphatic carbocycles. The molecule has 0 heterocycles. The average Bonchev–Trinajstić information content (AvgIpc) is 3.33. The summed E-state index contributed by atoms with van der Waals surface area (Å²) < 4.78 is 65.4. The second-order valence-corrected chi connectivity index (χ2v) is 14.8. The summed E-state index contributed by atoms with van der Waals surface area (Å²) in [6.45, 7) is 15.0. The number of hydrogen-bond donors (Lipinski definition) is 6. The number of nitrogens with one attached hydrogen (secondary N) is 5. The number of ether oxygens (including phenoxy) is 12. The summed E-state index contributed by atoms with van der Waals surface area (Å²) >= 11 is 0. The molecule has 4 amide bonds. The minimum Gasteiger partial charge on any atom is -0.480 e. The zero-order valence-corrected chi connectivity index (χ0v) is 41.3. The average molecular weight is 1000 g/mol. The molecule has 0 bridgehead atoms. The fourth-order valence-corrected chi connectivity index (χ4v) is 5.56. The highest BCUT2D eigenvalue weighted by molar-refractivity contribution is 5.81. The summed E-state index contributed by atoms with van der Waals surface area (Å²) in [4.78, 5) is 68.5. The second-order valence-electron chi connectivity index (χ2n) is 14.8. The van der Waals surface area contributed by atoms with Gasteiger partial charge in [-0.1, -0.05) is 6.92 Å². The van der Waals surface area contributed by atoms with E-state index in [-0.39, 0.29) is 68.6 Å². The van der Waals surface area contributed by atoms with Gasteiger partial charge in [0.15, 0.2) is 0 Å². The number of aliphatic carboxylic acids is 1. The van der Waals surface area contributed by atoms with Gasteiger partial charge in [0.05, 0.1) is 165 Å². The lowest BCUT2D eigenvalue weighted by atomic mass is 10.1. The van der Waals surface area contributed by atoms with Gasteiger partial charge in [0.1, 0.15) is 11.8 Å². The molecule has 0 radical (unpaired) electrons. The number of carbonyl (C=O) groups excluding carboxylic acids is 5. The predicted octanol–water partition coefficient (Wildman–Crippen LogP) is -0.969. The van der Waals surface area contributed by atoms with Crippen LogP contribution in [0.2, 0.25) is 0 Å². The largest absolute Gasteiger partial charge is 0.480 e. The van der Waals surface area contributed by atoms with Crippen LogP contribution in [-0.2, 0) is 85.6 Å². The number of amides is 4. The van der Waals surface area contributed by atoms with Crippen LogP contribution in [0.4, 0.5) is 0 Å². The van der Waals surface area contributed by atoms with Crippen molar-refractivity contribution in [2.45, 2.75) is 70.9 Å². The van der Waals surface area contributed by atoms with E-state index in [1.807, 2.05) is 6.92 Å². The molecule has 6 N–H and O–H groups in total. The van der Waals surface area contributed by atoms with E-state index in [1.54, 1.807) is 6.92 Å². The lowest BCUT2D eigenvalue weighted by Crippen LogP contribution is -2.37. The van der Waals surface area contributed by atoms with E-state index >= 15 is 0 Å². The van der Waals surface area contributed by atoms with Gasteiger partial charge >= 0.3 is 5.97 Å². The molecule has 0 aromatic heterocycles. The molecule has 0 aromatic rings. The molecule has 24 nitrogen and oxygen atoms in total. The van der Waals surface area contributed by atoms with Crippen LogP contribution < -0.4 is 26.6 Å². The van der Waals surface area contributed by atoms with E-state index in [0.29, 0.717) is 171 Å². The van der Waals surface area contributed by atoms with Crippen LogP contribution in [0.15, 0.2) is 0 Å². The first kappa shape index (κ1) is 65.5. The van der Waals surface area contributed by atoms with Gasteiger partial charge in [-0.3, -0.25) is 24.0 Å². The Morgan fingerprint density at radius 3 is 1.06 bits per heavy atom. The number of carboxylic acid groups (broad SMARTS) is 1. The van der Waals surface area contributed by atoms with Crippen molar-refractivity contribution in [2.24, 2.45) is 0 Å². The van der Waals surface area contributed by atoms with Crippen LogP contribution in [0.25, 0.3) is 0 Å². The van der Waals surface area contributed by atoms with E-state index in [4.69, 9.17) is 61.9 Å². The molecular formula is C45H85N5O19. The van der Waals surface area contributed by atoms with E-state index in [1.165, 1.54) is 0 Å². The number of likely N-dealkylation sites (N-methyl/N-ethyl adjacent to an activating group) is 1. The maximum atomic E-state index is 12.0. The van der Waals surface area contributed by atoms with Crippen molar-refractivity contribution in [1.82, 2.24) is 26.6 Å². The van der Waals surface area contributed by atoms with Gasteiger partial charge in [0.25, 0.3) is 0 Å². The lowest BCUT2D eigenvalue weighted by Gasteiger charge is -2.14. The van der Waals surface area contributed by atoms with Crippen molar-refractivity contribution in [1.29, 1.82) is 0 Å². The van der Waals surface area contributed by atoms with Gasteiger partial charge in [-0.15, -0.1) is 0 Å². The van der Waals surface area contributed by atoms with Crippen molar-refractivity contribution in [3.63, 3.8) is 0 Å². The summed E-state index contributed by atoms with van der Waals surface area (Å²) in [6.07, 6.45) is 3.26. The van der Waals surface area contributed by atoms with Crippen molar-refractivity contribution in [3.8, 4) is 0 Å². The third-order valence-electron chi connectivity index (χ3n) is 9.21. The highest BCUT2D eigenvalue weighted by Gasteiger charge is 2.17. The number of carbonyl (C=O) groups is 6. The Bertz CT molecular complexity index is 1240. The first-order valence-electron chi connectivity index (χ1n) is 24.1. The molecule has 0 saturated carbocycles. The SMILES string of the molecule is CCNC(CCCCNC(=O)CCOCCOCCOCCOCCOCCOCCNC(=O)CCOCCOCCOCCOCCOCCOCCNC(=O)CCC(NC=O)C(=O)O)C(C)=O. The topological polar surface area (TPSA) is 294 Å². The molecule has 2 atom stereocenters. The number of ketones is 1. The number of Topliss-reactive ketones (excluding diaryl/α,β-unsaturated/α-hetero) is 1. The van der Waals surface area contributed by atoms with E-state index in [2.05, 4.69) is 26.6 Å². The molecule has 0 saturated heterocycles. The molecule has 24 heteroatoms. The maximum absolute atomic E-state index is 12.0.